The topological polar surface area (TPSA) is 49.0 Å². The molecule has 0 saturated heterocycles. The molecule has 1 aromatic rings. The van der Waals surface area contributed by atoms with Crippen LogP contribution in [0.5, 0.6) is 0 Å². The van der Waals surface area contributed by atoms with Crippen LogP contribution in [0.4, 0.5) is 0 Å². The summed E-state index contributed by atoms with van der Waals surface area (Å²) in [5.41, 5.74) is 0. The van der Waals surface area contributed by atoms with Crippen molar-refractivity contribution in [1.82, 2.24) is 4.57 Å². The minimum absolute atomic E-state index is 0.0758. The van der Waals surface area contributed by atoms with Gasteiger partial charge in [0.15, 0.2) is 0 Å². The smallest absolute Gasteiger partial charge is 0.111 e. The Bertz CT molecular complexity index is 402. The second-order valence-corrected chi connectivity index (χ2v) is 4.45. The molecule has 0 spiro atoms. The van der Waals surface area contributed by atoms with Gasteiger partial charge in [-0.15, -0.1) is 0 Å². The van der Waals surface area contributed by atoms with Gasteiger partial charge in [-0.25, -0.2) is 0 Å². The summed E-state index contributed by atoms with van der Waals surface area (Å²) >= 11 is 6.06. The number of halogens is 1. The van der Waals surface area contributed by atoms with Gasteiger partial charge in [0.2, 0.25) is 0 Å². The van der Waals surface area contributed by atoms with Crippen LogP contribution in [-0.4, -0.2) is 15.8 Å². The summed E-state index contributed by atoms with van der Waals surface area (Å²) < 4.78 is 1.88. The van der Waals surface area contributed by atoms with Crippen molar-refractivity contribution in [3.8, 4) is 0 Å². The normalized spacial score (nSPS) is 26.5. The second kappa shape index (κ2) is 4.37. The van der Waals surface area contributed by atoms with E-state index in [1.165, 1.54) is 0 Å². The van der Waals surface area contributed by atoms with Crippen molar-refractivity contribution in [1.29, 1.82) is 5.41 Å². The molecule has 2 N–H and O–H groups in total. The van der Waals surface area contributed by atoms with E-state index in [1.807, 2.05) is 4.57 Å². The van der Waals surface area contributed by atoms with Gasteiger partial charge in [0.1, 0.15) is 5.15 Å². The maximum Gasteiger partial charge on any atom is 0.111 e. The molecule has 1 aliphatic carbocycles. The molecule has 0 unspecified atom stereocenters. The third-order valence-corrected chi connectivity index (χ3v) is 3.29. The summed E-state index contributed by atoms with van der Waals surface area (Å²) in [6.07, 6.45) is 5.52. The number of hydrogen-bond donors (Lipinski definition) is 2. The Labute approximate surface area is 93.8 Å². The molecular formula is C11H15ClN2O. The van der Waals surface area contributed by atoms with Gasteiger partial charge in [-0.1, -0.05) is 24.4 Å². The van der Waals surface area contributed by atoms with Gasteiger partial charge in [0.05, 0.1) is 17.5 Å². The largest absolute Gasteiger partial charge is 0.391 e. The number of aliphatic hydroxyl groups excluding tert-OH is 1. The number of hydrogen-bond acceptors (Lipinski definition) is 2. The molecule has 0 aliphatic heterocycles. The van der Waals surface area contributed by atoms with Crippen molar-refractivity contribution in [2.45, 2.75) is 37.8 Å². The number of aromatic nitrogens is 1. The van der Waals surface area contributed by atoms with E-state index in [0.29, 0.717) is 10.5 Å². The Morgan fingerprint density at radius 2 is 2.13 bits per heavy atom. The first-order valence-corrected chi connectivity index (χ1v) is 5.66. The van der Waals surface area contributed by atoms with Gasteiger partial charge < -0.3 is 15.1 Å². The van der Waals surface area contributed by atoms with Crippen molar-refractivity contribution in [2.75, 3.05) is 0 Å². The van der Waals surface area contributed by atoms with Gasteiger partial charge in [-0.05, 0) is 25.0 Å². The van der Waals surface area contributed by atoms with Crippen molar-refractivity contribution in [3.63, 3.8) is 0 Å². The second-order valence-electron chi connectivity index (χ2n) is 4.06. The highest BCUT2D eigenvalue weighted by molar-refractivity contribution is 6.29. The minimum atomic E-state index is -0.308. The summed E-state index contributed by atoms with van der Waals surface area (Å²) in [7, 11) is 0. The number of nitrogens with zero attached hydrogens (tertiary/aromatic N) is 1. The first-order chi connectivity index (χ1) is 7.18. The lowest BCUT2D eigenvalue weighted by molar-refractivity contribution is 0.0753. The van der Waals surface area contributed by atoms with E-state index in [1.54, 1.807) is 18.3 Å². The molecule has 0 amide bonds. The number of aliphatic hydroxyl groups is 1. The Morgan fingerprint density at radius 1 is 1.40 bits per heavy atom. The molecule has 1 fully saturated rings. The van der Waals surface area contributed by atoms with Crippen LogP contribution >= 0.6 is 11.6 Å². The lowest BCUT2D eigenvalue weighted by Crippen LogP contribution is -2.28. The lowest BCUT2D eigenvalue weighted by Gasteiger charge is -2.30. The van der Waals surface area contributed by atoms with Crippen LogP contribution in [0, 0.1) is 5.41 Å². The molecule has 0 bridgehead atoms. The summed E-state index contributed by atoms with van der Waals surface area (Å²) in [5.74, 6) is 0. The minimum Gasteiger partial charge on any atom is -0.391 e. The zero-order valence-electron chi connectivity index (χ0n) is 8.49. The standard InChI is InChI=1S/C11H15ClN2O/c12-11-7-8(13)5-6-14(11)9-3-1-2-4-10(9)15/h5-7,9-10,13,15H,1-4H2/t9-,10-/m0/s1. The van der Waals surface area contributed by atoms with Gasteiger partial charge in [0.25, 0.3) is 0 Å². The van der Waals surface area contributed by atoms with E-state index in [0.717, 1.165) is 25.7 Å². The molecule has 2 rings (SSSR count). The summed E-state index contributed by atoms with van der Waals surface area (Å²) in [6.45, 7) is 0. The third-order valence-electron chi connectivity index (χ3n) is 2.99. The van der Waals surface area contributed by atoms with Crippen LogP contribution in [0.3, 0.4) is 0 Å². The van der Waals surface area contributed by atoms with Crippen LogP contribution < -0.4 is 5.36 Å². The highest BCUT2D eigenvalue weighted by atomic mass is 35.5. The molecule has 4 heteroatoms. The van der Waals surface area contributed by atoms with Crippen molar-refractivity contribution >= 4 is 11.6 Å². The quantitative estimate of drug-likeness (QED) is 0.708. The van der Waals surface area contributed by atoms with Gasteiger partial charge in [-0.2, -0.15) is 0 Å². The number of rotatable bonds is 1. The van der Waals surface area contributed by atoms with Crippen LogP contribution in [0.15, 0.2) is 18.3 Å². The Hall–Kier alpha value is -0.800. The van der Waals surface area contributed by atoms with Crippen LogP contribution in [0.25, 0.3) is 0 Å². The molecule has 3 nitrogen and oxygen atoms in total. The maximum atomic E-state index is 9.89. The summed E-state index contributed by atoms with van der Waals surface area (Å²) in [6, 6.07) is 3.39. The van der Waals surface area contributed by atoms with Gasteiger partial charge >= 0.3 is 0 Å². The Balaban J connectivity index is 2.31. The van der Waals surface area contributed by atoms with Gasteiger partial charge in [0, 0.05) is 6.20 Å². The molecule has 82 valence electrons. The Morgan fingerprint density at radius 3 is 2.80 bits per heavy atom. The fraction of sp³-hybridized carbons (Fsp3) is 0.545. The van der Waals surface area contributed by atoms with Gasteiger partial charge in [-0.3, -0.25) is 0 Å². The lowest BCUT2D eigenvalue weighted by atomic mass is 9.92. The molecule has 0 aromatic carbocycles. The Kier molecular flexibility index (Phi) is 3.12. The molecule has 2 atom stereocenters. The van der Waals surface area contributed by atoms with Crippen molar-refractivity contribution in [2.24, 2.45) is 0 Å². The maximum absolute atomic E-state index is 9.89. The molecule has 1 saturated carbocycles. The zero-order valence-corrected chi connectivity index (χ0v) is 9.24. The van der Waals surface area contributed by atoms with Crippen LogP contribution in [0.2, 0.25) is 5.15 Å². The SMILES string of the molecule is N=c1ccn([C@H]2CCCC[C@@H]2O)c(Cl)c1. The molecule has 15 heavy (non-hydrogen) atoms. The van der Waals surface area contributed by atoms with E-state index in [-0.39, 0.29) is 12.1 Å². The highest BCUT2D eigenvalue weighted by Crippen LogP contribution is 2.30. The van der Waals surface area contributed by atoms with E-state index < -0.39 is 0 Å². The monoisotopic (exact) mass is 226 g/mol. The average Bonchev–Trinajstić information content (AvgIpc) is 2.20. The predicted octanol–water partition coefficient (Wildman–Crippen LogP) is 2.10. The van der Waals surface area contributed by atoms with Crippen molar-refractivity contribution in [3.05, 3.63) is 28.8 Å². The van der Waals surface area contributed by atoms with E-state index in [4.69, 9.17) is 17.0 Å². The molecular weight excluding hydrogens is 212 g/mol. The summed E-state index contributed by atoms with van der Waals surface area (Å²) in [4.78, 5) is 0. The van der Waals surface area contributed by atoms with Crippen LogP contribution in [0.1, 0.15) is 31.7 Å². The first kappa shape index (κ1) is 10.7. The molecule has 0 radical (unpaired) electrons. The number of pyridine rings is 1. The molecule has 1 aromatic heterocycles. The number of nitrogens with one attached hydrogen (secondary N) is 1. The first-order valence-electron chi connectivity index (χ1n) is 5.29. The average molecular weight is 227 g/mol. The molecule has 1 aliphatic rings. The van der Waals surface area contributed by atoms with Crippen molar-refractivity contribution < 1.29 is 5.11 Å². The fourth-order valence-corrected chi connectivity index (χ4v) is 2.47. The molecule has 1 heterocycles. The van der Waals surface area contributed by atoms with E-state index in [9.17, 15) is 5.11 Å². The van der Waals surface area contributed by atoms with Crippen LogP contribution in [-0.2, 0) is 0 Å². The zero-order chi connectivity index (χ0) is 10.8. The highest BCUT2D eigenvalue weighted by Gasteiger charge is 2.24. The van der Waals surface area contributed by atoms with E-state index >= 15 is 0 Å². The van der Waals surface area contributed by atoms with E-state index in [2.05, 4.69) is 0 Å². The predicted molar refractivity (Wildman–Crippen MR) is 58.8 cm³/mol. The fourth-order valence-electron chi connectivity index (χ4n) is 2.17. The summed E-state index contributed by atoms with van der Waals surface area (Å²) in [5, 5.41) is 18.3. The third kappa shape index (κ3) is 2.24.